The topological polar surface area (TPSA) is 57.1 Å². The van der Waals surface area contributed by atoms with Crippen molar-refractivity contribution >= 4 is 34.1 Å². The second-order valence-electron chi connectivity index (χ2n) is 7.51. The molecule has 2 aromatic rings. The number of rotatable bonds is 5. The first-order valence-corrected chi connectivity index (χ1v) is 11.2. The van der Waals surface area contributed by atoms with Gasteiger partial charge in [-0.15, -0.1) is 0 Å². The lowest BCUT2D eigenvalue weighted by molar-refractivity contribution is -0.113. The Morgan fingerprint density at radius 2 is 1.90 bits per heavy atom. The molecule has 5 nitrogen and oxygen atoms in total. The van der Waals surface area contributed by atoms with Crippen LogP contribution >= 0.6 is 11.8 Å². The highest BCUT2D eigenvalue weighted by molar-refractivity contribution is 8.16. The Balaban J connectivity index is 1.49. The summed E-state index contributed by atoms with van der Waals surface area (Å²) < 4.78 is 13.3. The third-order valence-corrected chi connectivity index (χ3v) is 6.40. The summed E-state index contributed by atoms with van der Waals surface area (Å²) in [5.41, 5.74) is 1.92. The number of nitrogens with zero attached hydrogens (tertiary/aromatic N) is 3. The molecule has 30 heavy (non-hydrogen) atoms. The maximum absolute atomic E-state index is 13.3. The molecule has 0 radical (unpaired) electrons. The van der Waals surface area contributed by atoms with Gasteiger partial charge in [0.05, 0.1) is 11.5 Å². The number of carbonyl (C=O) groups excluding carboxylic acids is 1. The van der Waals surface area contributed by atoms with Crippen LogP contribution < -0.4 is 5.32 Å². The van der Waals surface area contributed by atoms with E-state index < -0.39 is 5.66 Å². The molecule has 0 saturated carbocycles. The van der Waals surface area contributed by atoms with Crippen molar-refractivity contribution in [3.63, 3.8) is 0 Å². The van der Waals surface area contributed by atoms with Crippen molar-refractivity contribution in [1.82, 2.24) is 4.90 Å². The summed E-state index contributed by atoms with van der Waals surface area (Å²) >= 11 is 1.39. The molecule has 2 aromatic carbocycles. The van der Waals surface area contributed by atoms with E-state index in [-0.39, 0.29) is 17.5 Å². The lowest BCUT2D eigenvalue weighted by Crippen LogP contribution is -2.41. The molecular weight excluding hydrogens is 399 g/mol. The highest BCUT2D eigenvalue weighted by Gasteiger charge is 2.39. The van der Waals surface area contributed by atoms with E-state index >= 15 is 0 Å². The number of nitrogens with one attached hydrogen (secondary N) is 1. The molecule has 0 aliphatic carbocycles. The molecule has 2 aliphatic rings. The van der Waals surface area contributed by atoms with Crippen molar-refractivity contribution in [1.29, 1.82) is 0 Å². The summed E-state index contributed by atoms with van der Waals surface area (Å²) in [6.45, 7) is 5.16. The fourth-order valence-corrected chi connectivity index (χ4v) is 4.63. The van der Waals surface area contributed by atoms with Gasteiger partial charge < -0.3 is 10.2 Å². The molecular formula is C23H25FN4OS. The van der Waals surface area contributed by atoms with Crippen LogP contribution in [0, 0.1) is 5.82 Å². The number of thioether (sulfide) groups is 1. The van der Waals surface area contributed by atoms with E-state index in [1.54, 1.807) is 12.1 Å². The van der Waals surface area contributed by atoms with E-state index in [9.17, 15) is 9.18 Å². The molecule has 0 atom stereocenters. The Labute approximate surface area is 180 Å². The van der Waals surface area contributed by atoms with Gasteiger partial charge in [-0.05, 0) is 24.7 Å². The summed E-state index contributed by atoms with van der Waals surface area (Å²) in [5, 5.41) is 3.55. The zero-order chi connectivity index (χ0) is 21.0. The molecule has 1 fully saturated rings. The van der Waals surface area contributed by atoms with Crippen LogP contribution in [0.4, 0.5) is 10.1 Å². The van der Waals surface area contributed by atoms with E-state index in [0.717, 1.165) is 48.8 Å². The average Bonchev–Trinajstić information content (AvgIpc) is 3.12. The molecule has 7 heteroatoms. The molecule has 156 valence electrons. The maximum Gasteiger partial charge on any atom is 0.234 e. The fourth-order valence-electron chi connectivity index (χ4n) is 3.76. The number of piperidine rings is 1. The summed E-state index contributed by atoms with van der Waals surface area (Å²) in [7, 11) is 0. The molecule has 1 N–H and O–H groups in total. The Morgan fingerprint density at radius 1 is 1.13 bits per heavy atom. The van der Waals surface area contributed by atoms with Gasteiger partial charge in [0.25, 0.3) is 0 Å². The molecule has 2 heterocycles. The Kier molecular flexibility index (Phi) is 6.29. The molecule has 0 unspecified atom stereocenters. The minimum atomic E-state index is -0.418. The smallest absolute Gasteiger partial charge is 0.234 e. The van der Waals surface area contributed by atoms with Gasteiger partial charge in [0.2, 0.25) is 5.91 Å². The van der Waals surface area contributed by atoms with E-state index in [0.29, 0.717) is 5.69 Å². The summed E-state index contributed by atoms with van der Waals surface area (Å²) in [5.74, 6) is -0.375. The minimum Gasteiger partial charge on any atom is -0.325 e. The number of likely N-dealkylation sites (tertiary alicyclic amines) is 1. The van der Waals surface area contributed by atoms with Crippen molar-refractivity contribution in [2.45, 2.75) is 25.4 Å². The third-order valence-electron chi connectivity index (χ3n) is 5.43. The zero-order valence-corrected chi connectivity index (χ0v) is 17.8. The predicted octanol–water partition coefficient (Wildman–Crippen LogP) is 4.21. The molecule has 1 saturated heterocycles. The van der Waals surface area contributed by atoms with E-state index in [1.807, 2.05) is 30.3 Å². The van der Waals surface area contributed by atoms with E-state index in [1.165, 1.54) is 23.9 Å². The molecule has 2 aliphatic heterocycles. The summed E-state index contributed by atoms with van der Waals surface area (Å²) in [6, 6.07) is 15.9. The van der Waals surface area contributed by atoms with Crippen LogP contribution in [0.3, 0.4) is 0 Å². The van der Waals surface area contributed by atoms with Gasteiger partial charge in [0, 0.05) is 37.2 Å². The van der Waals surface area contributed by atoms with Crippen LogP contribution in [-0.4, -0.2) is 52.6 Å². The normalized spacial score (nSPS) is 18.2. The second kappa shape index (κ2) is 9.10. The molecule has 0 bridgehead atoms. The van der Waals surface area contributed by atoms with Gasteiger partial charge in [0.15, 0.2) is 5.66 Å². The number of halogens is 1. The van der Waals surface area contributed by atoms with Crippen molar-refractivity contribution < 1.29 is 9.18 Å². The standard InChI is InChI=1S/C23H25FN4OS/c1-2-28-13-11-23(12-14-28)26-21(17-7-4-3-5-8-17)22(27-23)30-16-20(29)25-19-10-6-9-18(24)15-19/h3-10,15H,2,11-14,16H2,1H3,(H,25,29). The van der Waals surface area contributed by atoms with Gasteiger partial charge >= 0.3 is 0 Å². The fraction of sp³-hybridized carbons (Fsp3) is 0.348. The summed E-state index contributed by atoms with van der Waals surface area (Å²) in [4.78, 5) is 24.9. The van der Waals surface area contributed by atoms with Gasteiger partial charge in [-0.2, -0.15) is 0 Å². The van der Waals surface area contributed by atoms with Gasteiger partial charge in [-0.3, -0.25) is 9.79 Å². The van der Waals surface area contributed by atoms with Crippen LogP contribution in [0.5, 0.6) is 0 Å². The Bertz CT molecular complexity index is 968. The van der Waals surface area contributed by atoms with Crippen LogP contribution in [0.25, 0.3) is 0 Å². The van der Waals surface area contributed by atoms with Gasteiger partial charge in [0.1, 0.15) is 10.9 Å². The monoisotopic (exact) mass is 424 g/mol. The first-order valence-electron chi connectivity index (χ1n) is 10.2. The molecule has 1 spiro atoms. The SMILES string of the molecule is CCN1CCC2(CC1)N=C(SCC(=O)Nc1cccc(F)c1)C(c1ccccc1)=N2. The first-order chi connectivity index (χ1) is 14.6. The number of hydrogen-bond donors (Lipinski definition) is 1. The molecule has 1 amide bonds. The van der Waals surface area contributed by atoms with Crippen LogP contribution in [0.15, 0.2) is 64.6 Å². The van der Waals surface area contributed by atoms with Crippen molar-refractivity contribution in [2.75, 3.05) is 30.7 Å². The minimum absolute atomic E-state index is 0.192. The number of anilines is 1. The molecule has 0 aromatic heterocycles. The highest BCUT2D eigenvalue weighted by atomic mass is 32.2. The average molecular weight is 425 g/mol. The Hall–Kier alpha value is -2.51. The van der Waals surface area contributed by atoms with Crippen molar-refractivity contribution in [3.05, 3.63) is 66.0 Å². The van der Waals surface area contributed by atoms with Crippen molar-refractivity contribution in [3.8, 4) is 0 Å². The van der Waals surface area contributed by atoms with Crippen LogP contribution in [0.2, 0.25) is 0 Å². The van der Waals surface area contributed by atoms with Crippen molar-refractivity contribution in [2.24, 2.45) is 9.98 Å². The number of amides is 1. The number of hydrogen-bond acceptors (Lipinski definition) is 5. The Morgan fingerprint density at radius 3 is 2.60 bits per heavy atom. The van der Waals surface area contributed by atoms with Crippen LogP contribution in [0.1, 0.15) is 25.3 Å². The highest BCUT2D eigenvalue weighted by Crippen LogP contribution is 2.35. The zero-order valence-electron chi connectivity index (χ0n) is 17.0. The number of carbonyl (C=O) groups is 1. The maximum atomic E-state index is 13.3. The van der Waals surface area contributed by atoms with Gasteiger partial charge in [-0.1, -0.05) is 55.1 Å². The lowest BCUT2D eigenvalue weighted by atomic mass is 9.98. The van der Waals surface area contributed by atoms with Crippen LogP contribution in [-0.2, 0) is 4.79 Å². The van der Waals surface area contributed by atoms with Gasteiger partial charge in [-0.25, -0.2) is 9.38 Å². The quantitative estimate of drug-likeness (QED) is 0.782. The largest absolute Gasteiger partial charge is 0.325 e. The third kappa shape index (κ3) is 4.79. The molecule has 4 rings (SSSR count). The van der Waals surface area contributed by atoms with E-state index in [4.69, 9.17) is 9.98 Å². The first kappa shape index (κ1) is 20.8. The predicted molar refractivity (Wildman–Crippen MR) is 122 cm³/mol. The number of benzene rings is 2. The number of aliphatic imine (C=N–C) groups is 2. The lowest BCUT2D eigenvalue weighted by Gasteiger charge is -2.34. The summed E-state index contributed by atoms with van der Waals surface area (Å²) in [6.07, 6.45) is 1.77. The van der Waals surface area contributed by atoms with E-state index in [2.05, 4.69) is 17.1 Å². The second-order valence-corrected chi connectivity index (χ2v) is 8.47.